The van der Waals surface area contributed by atoms with Gasteiger partial charge in [0.05, 0.1) is 47.2 Å². The number of para-hydroxylation sites is 1. The van der Waals surface area contributed by atoms with Crippen LogP contribution in [0.25, 0.3) is 10.2 Å². The van der Waals surface area contributed by atoms with Crippen molar-refractivity contribution in [2.24, 2.45) is 16.9 Å². The van der Waals surface area contributed by atoms with Crippen LogP contribution in [0.2, 0.25) is 0 Å². The molecule has 5 aromatic rings. The molecule has 0 N–H and O–H groups in total. The zero-order valence-electron chi connectivity index (χ0n) is 32.2. The fourth-order valence-electron chi connectivity index (χ4n) is 6.37. The van der Waals surface area contributed by atoms with Crippen molar-refractivity contribution < 1.29 is 42.9 Å². The first kappa shape index (κ1) is 41.3. The Morgan fingerprint density at radius 2 is 1.47 bits per heavy atom. The van der Waals surface area contributed by atoms with Crippen LogP contribution in [0.15, 0.2) is 109 Å². The summed E-state index contributed by atoms with van der Waals surface area (Å²) in [5.41, 5.74) is 3.13. The number of carbonyl (C=O) groups is 4. The standard InChI is InChI=1S/C45H45N3O9S/c1-3-42(50)54-27-9-5-4-8-26-53-36-20-22-37(23-21-36)56-43(51)32-14-16-33(17-15-32)44(52)57-40-25-24-38(55-30-49)28-34(40)29-46-48(35-18-12-31(2)13-19-35)45-47-39-10-6-7-11-41(39)58-45/h3,6-7,10-13,18-25,28-30,32-33H,1,4-5,8-9,14-17,26-27H2,2H3/b46-29+/t32-,33-. The van der Waals surface area contributed by atoms with Gasteiger partial charge in [-0.15, -0.1) is 0 Å². The molecule has 0 atom stereocenters. The van der Waals surface area contributed by atoms with E-state index in [-0.39, 0.29) is 23.4 Å². The van der Waals surface area contributed by atoms with E-state index < -0.39 is 17.9 Å². The summed E-state index contributed by atoms with van der Waals surface area (Å²) in [4.78, 5) is 53.6. The number of hydrazone groups is 1. The maximum Gasteiger partial charge on any atom is 0.330 e. The van der Waals surface area contributed by atoms with Crippen molar-refractivity contribution in [3.05, 3.63) is 115 Å². The first-order chi connectivity index (χ1) is 28.3. The van der Waals surface area contributed by atoms with Crippen molar-refractivity contribution >= 4 is 63.0 Å². The quantitative estimate of drug-likeness (QED) is 0.0150. The third-order valence-corrected chi connectivity index (χ3v) is 10.6. The van der Waals surface area contributed by atoms with Crippen molar-refractivity contribution in [1.82, 2.24) is 4.98 Å². The van der Waals surface area contributed by atoms with E-state index in [1.807, 2.05) is 55.5 Å². The number of hydrogen-bond acceptors (Lipinski definition) is 13. The highest BCUT2D eigenvalue weighted by molar-refractivity contribution is 7.22. The number of fused-ring (bicyclic) bond motifs is 1. The SMILES string of the molecule is C=CC(=O)OCCCCCCOc1ccc(OC(=O)[C@H]2CC[C@H](C(=O)Oc3ccc(OC=O)cc3/C=N/N(c3ccc(C)cc3)c3nc4ccccc4s3)CC2)cc1. The molecule has 0 bridgehead atoms. The first-order valence-electron chi connectivity index (χ1n) is 19.3. The third kappa shape index (κ3) is 11.6. The second-order valence-corrected chi connectivity index (χ2v) is 14.8. The van der Waals surface area contributed by atoms with Crippen LogP contribution in [-0.4, -0.2) is 48.8 Å². The van der Waals surface area contributed by atoms with Gasteiger partial charge in [0, 0.05) is 11.6 Å². The van der Waals surface area contributed by atoms with Gasteiger partial charge < -0.3 is 23.7 Å². The van der Waals surface area contributed by atoms with Crippen molar-refractivity contribution in [2.75, 3.05) is 18.2 Å². The van der Waals surface area contributed by atoms with E-state index in [1.54, 1.807) is 53.7 Å². The molecule has 0 aliphatic heterocycles. The fourth-order valence-corrected chi connectivity index (χ4v) is 7.32. The maximum atomic E-state index is 13.5. The molecule has 0 radical (unpaired) electrons. The summed E-state index contributed by atoms with van der Waals surface area (Å²) >= 11 is 1.49. The largest absolute Gasteiger partial charge is 0.494 e. The zero-order valence-corrected chi connectivity index (χ0v) is 33.1. The number of anilines is 2. The van der Waals surface area contributed by atoms with Gasteiger partial charge in [0.25, 0.3) is 6.47 Å². The average molecular weight is 804 g/mol. The molecular formula is C45H45N3O9S. The normalized spacial score (nSPS) is 15.1. The molecule has 1 aliphatic carbocycles. The van der Waals surface area contributed by atoms with Crippen LogP contribution in [0.1, 0.15) is 62.5 Å². The molecule has 0 unspecified atom stereocenters. The second-order valence-electron chi connectivity index (χ2n) is 13.8. The number of carbonyl (C=O) groups excluding carboxylic acids is 4. The minimum atomic E-state index is -0.420. The van der Waals surface area contributed by atoms with Crippen LogP contribution in [0.4, 0.5) is 10.8 Å². The summed E-state index contributed by atoms with van der Waals surface area (Å²) < 4.78 is 28.5. The molecule has 0 amide bonds. The molecule has 0 spiro atoms. The Morgan fingerprint density at radius 3 is 2.16 bits per heavy atom. The van der Waals surface area contributed by atoms with Gasteiger partial charge >= 0.3 is 17.9 Å². The smallest absolute Gasteiger partial charge is 0.330 e. The Bertz CT molecular complexity index is 2180. The van der Waals surface area contributed by atoms with E-state index >= 15 is 0 Å². The van der Waals surface area contributed by atoms with Crippen LogP contribution in [-0.2, 0) is 23.9 Å². The number of hydrogen-bond donors (Lipinski definition) is 0. The maximum absolute atomic E-state index is 13.5. The number of thiazole rings is 1. The van der Waals surface area contributed by atoms with Crippen LogP contribution >= 0.6 is 11.3 Å². The molecule has 1 aliphatic rings. The summed E-state index contributed by atoms with van der Waals surface area (Å²) in [6, 6.07) is 27.3. The van der Waals surface area contributed by atoms with E-state index in [4.69, 9.17) is 33.8 Å². The average Bonchev–Trinajstić information content (AvgIpc) is 3.68. The number of esters is 3. The summed E-state index contributed by atoms with van der Waals surface area (Å²) in [5.74, 6) is -0.324. The highest BCUT2D eigenvalue weighted by atomic mass is 32.1. The summed E-state index contributed by atoms with van der Waals surface area (Å²) in [7, 11) is 0. The van der Waals surface area contributed by atoms with E-state index in [1.165, 1.54) is 11.3 Å². The molecule has 58 heavy (non-hydrogen) atoms. The number of unbranched alkanes of at least 4 members (excludes halogenated alkanes) is 3. The lowest BCUT2D eigenvalue weighted by Crippen LogP contribution is -2.30. The predicted octanol–water partition coefficient (Wildman–Crippen LogP) is 9.30. The van der Waals surface area contributed by atoms with Gasteiger partial charge in [0.1, 0.15) is 23.0 Å². The van der Waals surface area contributed by atoms with Crippen LogP contribution < -0.4 is 24.0 Å². The van der Waals surface area contributed by atoms with E-state index in [0.717, 1.165) is 53.2 Å². The van der Waals surface area contributed by atoms with Gasteiger partial charge in [-0.05, 0) is 125 Å². The molecular weight excluding hydrogens is 759 g/mol. The number of nitrogens with zero attached hydrogens (tertiary/aromatic N) is 3. The Labute approximate surface area is 341 Å². The lowest BCUT2D eigenvalue weighted by Gasteiger charge is -2.26. The van der Waals surface area contributed by atoms with E-state index in [0.29, 0.717) is 67.6 Å². The molecule has 12 nitrogen and oxygen atoms in total. The van der Waals surface area contributed by atoms with Gasteiger partial charge in [-0.1, -0.05) is 47.7 Å². The van der Waals surface area contributed by atoms with Crippen molar-refractivity contribution in [2.45, 2.75) is 58.3 Å². The van der Waals surface area contributed by atoms with Gasteiger partial charge in [-0.25, -0.2) is 14.8 Å². The molecule has 6 rings (SSSR count). The Morgan fingerprint density at radius 1 is 0.810 bits per heavy atom. The molecule has 4 aromatic carbocycles. The van der Waals surface area contributed by atoms with Gasteiger partial charge in [-0.2, -0.15) is 5.10 Å². The molecule has 0 saturated heterocycles. The number of aryl methyl sites for hydroxylation is 1. The molecule has 1 fully saturated rings. The summed E-state index contributed by atoms with van der Waals surface area (Å²) in [6.07, 6.45) is 8.10. The van der Waals surface area contributed by atoms with Gasteiger partial charge in [0.15, 0.2) is 0 Å². The monoisotopic (exact) mass is 803 g/mol. The number of benzene rings is 4. The van der Waals surface area contributed by atoms with E-state index in [2.05, 4.69) is 6.58 Å². The molecule has 1 saturated carbocycles. The number of aromatic nitrogens is 1. The third-order valence-electron chi connectivity index (χ3n) is 9.59. The lowest BCUT2D eigenvalue weighted by atomic mass is 9.82. The van der Waals surface area contributed by atoms with Gasteiger partial charge in [0.2, 0.25) is 5.13 Å². The molecule has 1 aromatic heterocycles. The lowest BCUT2D eigenvalue weighted by molar-refractivity contribution is -0.145. The summed E-state index contributed by atoms with van der Waals surface area (Å²) in [6.45, 7) is 6.64. The van der Waals surface area contributed by atoms with Crippen molar-refractivity contribution in [3.63, 3.8) is 0 Å². The van der Waals surface area contributed by atoms with Crippen molar-refractivity contribution in [1.29, 1.82) is 0 Å². The number of rotatable bonds is 19. The molecule has 13 heteroatoms. The number of ether oxygens (including phenoxy) is 5. The predicted molar refractivity (Wildman–Crippen MR) is 222 cm³/mol. The Hall–Kier alpha value is -6.34. The van der Waals surface area contributed by atoms with Gasteiger partial charge in [-0.3, -0.25) is 14.4 Å². The highest BCUT2D eigenvalue weighted by Gasteiger charge is 2.32. The van der Waals surface area contributed by atoms with Crippen molar-refractivity contribution in [3.8, 4) is 23.0 Å². The van der Waals surface area contributed by atoms with Crippen LogP contribution in [0.3, 0.4) is 0 Å². The minimum Gasteiger partial charge on any atom is -0.494 e. The molecule has 1 heterocycles. The van der Waals surface area contributed by atoms with E-state index in [9.17, 15) is 19.2 Å². The second kappa shape index (κ2) is 20.7. The van der Waals surface area contributed by atoms with Crippen LogP contribution in [0, 0.1) is 18.8 Å². The van der Waals surface area contributed by atoms with Crippen LogP contribution in [0.5, 0.6) is 23.0 Å². The topological polar surface area (TPSA) is 143 Å². The summed E-state index contributed by atoms with van der Waals surface area (Å²) in [5, 5.41) is 7.15. The Balaban J connectivity index is 1.02. The minimum absolute atomic E-state index is 0.248. The highest BCUT2D eigenvalue weighted by Crippen LogP contribution is 2.35. The fraction of sp³-hybridized carbons (Fsp3) is 0.289. The Kier molecular flexibility index (Phi) is 14.7. The first-order valence-corrected chi connectivity index (χ1v) is 20.1. The zero-order chi connectivity index (χ0) is 40.7. The molecule has 300 valence electrons.